The van der Waals surface area contributed by atoms with E-state index < -0.39 is 18.8 Å². The molecule has 0 atom stereocenters. The molecule has 0 radical (unpaired) electrons. The van der Waals surface area contributed by atoms with E-state index in [1.54, 1.807) is 30.1 Å². The highest BCUT2D eigenvalue weighted by Gasteiger charge is 2.18. The molecule has 5 rings (SSSR count). The molecule has 0 amide bonds. The predicted molar refractivity (Wildman–Crippen MR) is 117 cm³/mol. The third-order valence-electron chi connectivity index (χ3n) is 5.16. The van der Waals surface area contributed by atoms with Crippen molar-refractivity contribution in [3.63, 3.8) is 0 Å². The molecule has 3 heterocycles. The van der Waals surface area contributed by atoms with Crippen LogP contribution in [0.4, 0.5) is 8.78 Å². The second kappa shape index (κ2) is 7.27. The van der Waals surface area contributed by atoms with E-state index in [1.807, 2.05) is 0 Å². The topological polar surface area (TPSA) is 91.4 Å². The minimum absolute atomic E-state index is 0.0907. The van der Waals surface area contributed by atoms with Gasteiger partial charge in [0, 0.05) is 41.1 Å². The van der Waals surface area contributed by atoms with Crippen LogP contribution in [0.1, 0.15) is 5.56 Å². The number of rotatable bonds is 4. The van der Waals surface area contributed by atoms with Crippen molar-refractivity contribution < 1.29 is 13.3 Å². The minimum atomic E-state index is -2.74. The van der Waals surface area contributed by atoms with Crippen LogP contribution in [-0.4, -0.2) is 48.1 Å². The van der Waals surface area contributed by atoms with Crippen LogP contribution >= 0.6 is 7.14 Å². The zero-order valence-corrected chi connectivity index (χ0v) is 18.4. The quantitative estimate of drug-likeness (QED) is 0.388. The molecule has 0 spiro atoms. The van der Waals surface area contributed by atoms with E-state index in [0.717, 1.165) is 5.39 Å². The lowest BCUT2D eigenvalue weighted by molar-refractivity contribution is 0.583. The molecule has 0 saturated heterocycles. The molecule has 11 heteroatoms. The van der Waals surface area contributed by atoms with Crippen molar-refractivity contribution in [3.05, 3.63) is 59.9 Å². The summed E-state index contributed by atoms with van der Waals surface area (Å²) in [6.07, 6.45) is 3.27. The third-order valence-corrected chi connectivity index (χ3v) is 6.68. The maximum absolute atomic E-state index is 14.6. The average molecular weight is 453 g/mol. The third kappa shape index (κ3) is 3.56. The van der Waals surface area contributed by atoms with Crippen molar-refractivity contribution in [1.29, 1.82) is 0 Å². The van der Waals surface area contributed by atoms with E-state index in [4.69, 9.17) is 0 Å². The zero-order valence-electron chi connectivity index (χ0n) is 17.5. The normalized spacial score (nSPS) is 12.2. The molecule has 0 aliphatic heterocycles. The number of fused-ring (bicyclic) bond motifs is 2. The number of hydrogen-bond acceptors (Lipinski definition) is 6. The molecular weight excluding hydrogens is 435 g/mol. The molecule has 162 valence electrons. The molecule has 3 aromatic heterocycles. The Hall–Kier alpha value is -3.52. The van der Waals surface area contributed by atoms with E-state index >= 15 is 0 Å². The standard InChI is InChI=1S/C21H18F2N7OP/c1-29-10-14-6-13(15(22)8-17(14)27-29)11-30-21-20(26-28-30)24-9-18(25-21)12-4-5-19(16(23)7-12)32(2,3)31/h4-10H,11H2,1-3H3. The Labute approximate surface area is 181 Å². The summed E-state index contributed by atoms with van der Waals surface area (Å²) < 4.78 is 44.5. The van der Waals surface area contributed by atoms with Gasteiger partial charge in [-0.25, -0.2) is 23.4 Å². The second-order valence-corrected chi connectivity index (χ2v) is 11.2. The highest BCUT2D eigenvalue weighted by atomic mass is 31.2. The van der Waals surface area contributed by atoms with Gasteiger partial charge >= 0.3 is 0 Å². The van der Waals surface area contributed by atoms with Crippen LogP contribution in [0.3, 0.4) is 0 Å². The summed E-state index contributed by atoms with van der Waals surface area (Å²) in [5, 5.41) is 13.3. The molecule has 0 bridgehead atoms. The fourth-order valence-corrected chi connectivity index (χ4v) is 4.62. The van der Waals surface area contributed by atoms with Crippen LogP contribution < -0.4 is 5.30 Å². The smallest absolute Gasteiger partial charge is 0.221 e. The van der Waals surface area contributed by atoms with Crippen LogP contribution in [0.25, 0.3) is 33.5 Å². The largest absolute Gasteiger partial charge is 0.319 e. The van der Waals surface area contributed by atoms with Crippen LogP contribution in [-0.2, 0) is 18.2 Å². The van der Waals surface area contributed by atoms with Gasteiger partial charge in [0.1, 0.15) is 18.8 Å². The fourth-order valence-electron chi connectivity index (χ4n) is 3.60. The molecule has 2 aromatic carbocycles. The highest BCUT2D eigenvalue weighted by Crippen LogP contribution is 2.36. The summed E-state index contributed by atoms with van der Waals surface area (Å²) in [6, 6.07) is 7.54. The summed E-state index contributed by atoms with van der Waals surface area (Å²) in [5.41, 5.74) is 2.48. The van der Waals surface area contributed by atoms with Crippen molar-refractivity contribution in [1.82, 2.24) is 34.7 Å². The van der Waals surface area contributed by atoms with Crippen molar-refractivity contribution in [2.45, 2.75) is 6.54 Å². The molecule has 5 aromatic rings. The van der Waals surface area contributed by atoms with Crippen molar-refractivity contribution in [3.8, 4) is 11.3 Å². The Balaban J connectivity index is 1.54. The summed E-state index contributed by atoms with van der Waals surface area (Å²) in [4.78, 5) is 8.79. The number of halogens is 2. The maximum Gasteiger partial charge on any atom is 0.221 e. The van der Waals surface area contributed by atoms with E-state index in [0.29, 0.717) is 33.6 Å². The minimum Gasteiger partial charge on any atom is -0.319 e. The van der Waals surface area contributed by atoms with E-state index in [1.165, 1.54) is 42.4 Å². The first-order valence-electron chi connectivity index (χ1n) is 9.72. The monoisotopic (exact) mass is 453 g/mol. The first-order chi connectivity index (χ1) is 15.2. The fraction of sp³-hybridized carbons (Fsp3) is 0.190. The molecule has 0 saturated carbocycles. The van der Waals surface area contributed by atoms with Gasteiger partial charge in [0.05, 0.1) is 24.0 Å². The summed E-state index contributed by atoms with van der Waals surface area (Å²) in [7, 11) is -0.968. The second-order valence-electron chi connectivity index (χ2n) is 7.97. The van der Waals surface area contributed by atoms with Gasteiger partial charge in [0.25, 0.3) is 0 Å². The Kier molecular flexibility index (Phi) is 4.63. The molecule has 0 fully saturated rings. The average Bonchev–Trinajstić information content (AvgIpc) is 3.29. The van der Waals surface area contributed by atoms with Gasteiger partial charge in [-0.2, -0.15) is 5.10 Å². The van der Waals surface area contributed by atoms with Crippen LogP contribution in [0.2, 0.25) is 0 Å². The van der Waals surface area contributed by atoms with Crippen molar-refractivity contribution in [2.75, 3.05) is 13.3 Å². The predicted octanol–water partition coefficient (Wildman–Crippen LogP) is 3.35. The van der Waals surface area contributed by atoms with Gasteiger partial charge in [-0.1, -0.05) is 11.3 Å². The van der Waals surface area contributed by atoms with E-state index in [9.17, 15) is 13.3 Å². The number of benzene rings is 2. The summed E-state index contributed by atoms with van der Waals surface area (Å²) >= 11 is 0. The van der Waals surface area contributed by atoms with Crippen molar-refractivity contribution in [2.24, 2.45) is 7.05 Å². The molecule has 0 N–H and O–H groups in total. The molecule has 0 aliphatic carbocycles. The Morgan fingerprint density at radius 3 is 2.66 bits per heavy atom. The molecule has 32 heavy (non-hydrogen) atoms. The highest BCUT2D eigenvalue weighted by molar-refractivity contribution is 7.70. The van der Waals surface area contributed by atoms with Gasteiger partial charge in [0.2, 0.25) is 5.65 Å². The lowest BCUT2D eigenvalue weighted by Crippen LogP contribution is -2.08. The maximum atomic E-state index is 14.6. The number of nitrogens with zero attached hydrogens (tertiary/aromatic N) is 7. The van der Waals surface area contributed by atoms with E-state index in [2.05, 4.69) is 25.4 Å². The molecular formula is C21H18F2N7OP. The molecule has 0 aliphatic rings. The summed E-state index contributed by atoms with van der Waals surface area (Å²) in [6.45, 7) is 3.12. The van der Waals surface area contributed by atoms with Crippen LogP contribution in [0, 0.1) is 11.6 Å². The van der Waals surface area contributed by atoms with Crippen LogP contribution in [0.5, 0.6) is 0 Å². The SMILES string of the molecule is Cn1cc2cc(Cn3nnc4ncc(-c5ccc(P(C)(C)=O)c(F)c5)nc43)c(F)cc2n1. The van der Waals surface area contributed by atoms with Gasteiger partial charge in [-0.3, -0.25) is 4.68 Å². The number of aryl methyl sites for hydroxylation is 1. The molecule has 8 nitrogen and oxygen atoms in total. The van der Waals surface area contributed by atoms with Gasteiger partial charge in [-0.05, 0) is 31.5 Å². The molecule has 0 unspecified atom stereocenters. The van der Waals surface area contributed by atoms with Crippen molar-refractivity contribution >= 4 is 34.6 Å². The number of hydrogen-bond donors (Lipinski definition) is 0. The Bertz CT molecular complexity index is 1550. The summed E-state index contributed by atoms with van der Waals surface area (Å²) in [5.74, 6) is -0.971. The van der Waals surface area contributed by atoms with Crippen LogP contribution in [0.15, 0.2) is 42.7 Å². The Morgan fingerprint density at radius 1 is 1.09 bits per heavy atom. The number of aromatic nitrogens is 7. The first-order valence-corrected chi connectivity index (χ1v) is 12.3. The first kappa shape index (κ1) is 20.4. The van der Waals surface area contributed by atoms with E-state index in [-0.39, 0.29) is 11.8 Å². The lowest BCUT2D eigenvalue weighted by atomic mass is 10.1. The zero-order chi connectivity index (χ0) is 22.6. The van der Waals surface area contributed by atoms with Gasteiger partial charge < -0.3 is 4.57 Å². The van der Waals surface area contributed by atoms with Gasteiger partial charge in [-0.15, -0.1) is 5.10 Å². The lowest BCUT2D eigenvalue weighted by Gasteiger charge is -2.10. The Morgan fingerprint density at radius 2 is 1.91 bits per heavy atom. The van der Waals surface area contributed by atoms with Gasteiger partial charge in [0.15, 0.2) is 5.65 Å².